The summed E-state index contributed by atoms with van der Waals surface area (Å²) in [5, 5.41) is 0. The Bertz CT molecular complexity index is 97.2. The lowest BCUT2D eigenvalue weighted by Gasteiger charge is -1.93. The predicted molar refractivity (Wildman–Crippen MR) is 57.0 cm³/mol. The molecule has 0 rings (SSSR count). The number of aliphatic imine (C=N–C) groups is 1. The Morgan fingerprint density at radius 1 is 0.917 bits per heavy atom. The Morgan fingerprint density at radius 2 is 1.67 bits per heavy atom. The second-order valence-corrected chi connectivity index (χ2v) is 3.29. The minimum Gasteiger partial charge on any atom is -0.298 e. The maximum Gasteiger partial charge on any atom is 0.0385 e. The van der Waals surface area contributed by atoms with E-state index < -0.39 is 0 Å². The highest BCUT2D eigenvalue weighted by atomic mass is 14.7. The lowest BCUT2D eigenvalue weighted by Crippen LogP contribution is -1.82. The molecule has 0 bridgehead atoms. The van der Waals surface area contributed by atoms with Gasteiger partial charge in [0.1, 0.15) is 0 Å². The van der Waals surface area contributed by atoms with Gasteiger partial charge in [-0.15, -0.1) is 0 Å². The number of hydrogen-bond acceptors (Lipinski definition) is 1. The fraction of sp³-hybridized carbons (Fsp3) is 0.909. The van der Waals surface area contributed by atoms with Crippen LogP contribution in [0.15, 0.2) is 4.99 Å². The summed E-state index contributed by atoms with van der Waals surface area (Å²) >= 11 is 0. The van der Waals surface area contributed by atoms with Crippen LogP contribution in [0.3, 0.4) is 0 Å². The van der Waals surface area contributed by atoms with Crippen molar-refractivity contribution >= 4 is 6.21 Å². The van der Waals surface area contributed by atoms with E-state index in [0.29, 0.717) is 0 Å². The molecule has 0 aromatic rings. The van der Waals surface area contributed by atoms with Crippen LogP contribution in [0, 0.1) is 0 Å². The second kappa shape index (κ2) is 10.7. The molecule has 0 spiro atoms. The molecule has 0 aliphatic carbocycles. The highest BCUT2D eigenvalue weighted by Crippen LogP contribution is 2.00. The van der Waals surface area contributed by atoms with Crippen molar-refractivity contribution in [2.75, 3.05) is 6.54 Å². The lowest BCUT2D eigenvalue weighted by molar-refractivity contribution is 0.684. The van der Waals surface area contributed by atoms with Gasteiger partial charge in [0.25, 0.3) is 0 Å². The van der Waals surface area contributed by atoms with Crippen LogP contribution in [-0.4, -0.2) is 12.8 Å². The average Bonchev–Trinajstić information content (AvgIpc) is 2.10. The van der Waals surface area contributed by atoms with Crippen molar-refractivity contribution < 1.29 is 0 Å². The third kappa shape index (κ3) is 9.67. The van der Waals surface area contributed by atoms with Crippen molar-refractivity contribution in [1.82, 2.24) is 0 Å². The molecule has 0 N–H and O–H groups in total. The van der Waals surface area contributed by atoms with E-state index in [1.807, 2.05) is 0 Å². The number of nitrogens with zero attached hydrogens (tertiary/aromatic N) is 1. The Morgan fingerprint density at radius 3 is 2.33 bits per heavy atom. The first-order chi connectivity index (χ1) is 5.91. The maximum absolute atomic E-state index is 4.33. The Balaban J connectivity index is 2.92. The number of unbranched alkanes of at least 4 members (excludes halogenated alkanes) is 5. The van der Waals surface area contributed by atoms with E-state index in [1.54, 1.807) is 0 Å². The van der Waals surface area contributed by atoms with Crippen LogP contribution in [0.2, 0.25) is 0 Å². The van der Waals surface area contributed by atoms with E-state index in [2.05, 4.69) is 25.1 Å². The third-order valence-corrected chi connectivity index (χ3v) is 1.96. The van der Waals surface area contributed by atoms with Gasteiger partial charge in [0, 0.05) is 6.54 Å². The normalized spacial score (nSPS) is 11.2. The molecule has 0 aromatic carbocycles. The molecule has 0 unspecified atom stereocenters. The van der Waals surface area contributed by atoms with Gasteiger partial charge in [-0.05, 0) is 25.5 Å². The molecule has 12 heavy (non-hydrogen) atoms. The summed E-state index contributed by atoms with van der Waals surface area (Å²) in [6.45, 7) is 5.48. The van der Waals surface area contributed by atoms with Crippen molar-refractivity contribution in [3.05, 3.63) is 0 Å². The van der Waals surface area contributed by atoms with Gasteiger partial charge in [-0.25, -0.2) is 0 Å². The van der Waals surface area contributed by atoms with Gasteiger partial charge in [-0.3, -0.25) is 4.99 Å². The standard InChI is InChI=1S/C11H23N/c1-3-5-7-8-9-11-12-10-6-4-2/h11H,3-10H2,1-2H3. The van der Waals surface area contributed by atoms with Crippen LogP contribution in [0.25, 0.3) is 0 Å². The minimum absolute atomic E-state index is 1.03. The zero-order chi connectivity index (χ0) is 9.07. The topological polar surface area (TPSA) is 12.4 Å². The van der Waals surface area contributed by atoms with Crippen LogP contribution >= 0.6 is 0 Å². The van der Waals surface area contributed by atoms with Gasteiger partial charge < -0.3 is 0 Å². The van der Waals surface area contributed by atoms with Crippen LogP contribution in [-0.2, 0) is 0 Å². The van der Waals surface area contributed by atoms with Gasteiger partial charge in [0.15, 0.2) is 0 Å². The molecular formula is C11H23N. The molecular weight excluding hydrogens is 146 g/mol. The Kier molecular flexibility index (Phi) is 10.4. The summed E-state index contributed by atoms with van der Waals surface area (Å²) in [4.78, 5) is 4.33. The molecule has 72 valence electrons. The molecule has 0 aliphatic rings. The van der Waals surface area contributed by atoms with Gasteiger partial charge >= 0.3 is 0 Å². The van der Waals surface area contributed by atoms with Crippen molar-refractivity contribution in [2.24, 2.45) is 4.99 Å². The van der Waals surface area contributed by atoms with Crippen LogP contribution in [0.4, 0.5) is 0 Å². The molecule has 0 saturated heterocycles. The van der Waals surface area contributed by atoms with Gasteiger partial charge in [-0.1, -0.05) is 39.5 Å². The van der Waals surface area contributed by atoms with E-state index in [4.69, 9.17) is 0 Å². The molecule has 0 fully saturated rings. The number of hydrogen-bond donors (Lipinski definition) is 0. The highest BCUT2D eigenvalue weighted by Gasteiger charge is 1.84. The summed E-state index contributed by atoms with van der Waals surface area (Å²) in [6, 6.07) is 0. The fourth-order valence-corrected chi connectivity index (χ4v) is 1.09. The SMILES string of the molecule is CCCCCCC=NCCCC. The van der Waals surface area contributed by atoms with Crippen LogP contribution in [0.5, 0.6) is 0 Å². The first-order valence-corrected chi connectivity index (χ1v) is 5.40. The van der Waals surface area contributed by atoms with Crippen molar-refractivity contribution in [2.45, 2.75) is 58.8 Å². The largest absolute Gasteiger partial charge is 0.298 e. The third-order valence-electron chi connectivity index (χ3n) is 1.96. The molecule has 0 heterocycles. The molecule has 0 aliphatic heterocycles. The summed E-state index contributed by atoms with van der Waals surface area (Å²) in [5.41, 5.74) is 0. The van der Waals surface area contributed by atoms with E-state index in [0.717, 1.165) is 6.54 Å². The first kappa shape index (κ1) is 11.7. The summed E-state index contributed by atoms with van der Waals surface area (Å²) in [6.07, 6.45) is 11.2. The first-order valence-electron chi connectivity index (χ1n) is 5.40. The molecule has 0 aromatic heterocycles. The van der Waals surface area contributed by atoms with Gasteiger partial charge in [-0.2, -0.15) is 0 Å². The summed E-state index contributed by atoms with van der Waals surface area (Å²) in [5.74, 6) is 0. The van der Waals surface area contributed by atoms with E-state index >= 15 is 0 Å². The predicted octanol–water partition coefficient (Wildman–Crippen LogP) is 3.83. The van der Waals surface area contributed by atoms with E-state index in [1.165, 1.54) is 44.9 Å². The molecule has 0 radical (unpaired) electrons. The van der Waals surface area contributed by atoms with Crippen LogP contribution in [0.1, 0.15) is 58.8 Å². The molecule has 1 nitrogen and oxygen atoms in total. The lowest BCUT2D eigenvalue weighted by atomic mass is 10.2. The average molecular weight is 169 g/mol. The quantitative estimate of drug-likeness (QED) is 0.387. The monoisotopic (exact) mass is 169 g/mol. The Hall–Kier alpha value is -0.330. The van der Waals surface area contributed by atoms with Crippen molar-refractivity contribution in [3.8, 4) is 0 Å². The zero-order valence-electron chi connectivity index (χ0n) is 8.68. The zero-order valence-corrected chi connectivity index (χ0v) is 8.68. The van der Waals surface area contributed by atoms with E-state index in [-0.39, 0.29) is 0 Å². The highest BCUT2D eigenvalue weighted by molar-refractivity contribution is 5.56. The second-order valence-electron chi connectivity index (χ2n) is 3.29. The van der Waals surface area contributed by atoms with Gasteiger partial charge in [0.2, 0.25) is 0 Å². The van der Waals surface area contributed by atoms with Gasteiger partial charge in [0.05, 0.1) is 0 Å². The number of rotatable bonds is 8. The summed E-state index contributed by atoms with van der Waals surface area (Å²) < 4.78 is 0. The Labute approximate surface area is 77.3 Å². The van der Waals surface area contributed by atoms with Crippen molar-refractivity contribution in [3.63, 3.8) is 0 Å². The van der Waals surface area contributed by atoms with E-state index in [9.17, 15) is 0 Å². The van der Waals surface area contributed by atoms with Crippen LogP contribution < -0.4 is 0 Å². The minimum atomic E-state index is 1.03. The smallest absolute Gasteiger partial charge is 0.0385 e. The molecule has 1 heteroatoms. The molecule has 0 atom stereocenters. The molecule has 0 amide bonds. The maximum atomic E-state index is 4.33. The summed E-state index contributed by atoms with van der Waals surface area (Å²) in [7, 11) is 0. The van der Waals surface area contributed by atoms with Crippen molar-refractivity contribution in [1.29, 1.82) is 0 Å². The molecule has 0 saturated carbocycles. The fourth-order valence-electron chi connectivity index (χ4n) is 1.09.